The highest BCUT2D eigenvalue weighted by Crippen LogP contribution is 2.35. The van der Waals surface area contributed by atoms with Crippen molar-refractivity contribution in [1.29, 1.82) is 0 Å². The summed E-state index contributed by atoms with van der Waals surface area (Å²) in [4.78, 5) is 26.0. The number of aliphatic hydroxyl groups excluding tert-OH is 2. The van der Waals surface area contributed by atoms with Crippen molar-refractivity contribution in [2.24, 2.45) is 0 Å². The molecule has 0 aliphatic carbocycles. The van der Waals surface area contributed by atoms with E-state index in [1.165, 1.54) is 6.92 Å². The van der Waals surface area contributed by atoms with Crippen molar-refractivity contribution in [3.8, 4) is 11.5 Å². The molecule has 0 bridgehead atoms. The predicted octanol–water partition coefficient (Wildman–Crippen LogP) is -0.394. The first-order valence-electron chi connectivity index (χ1n) is 8.44. The number of amides is 3. The molecule has 0 saturated carbocycles. The van der Waals surface area contributed by atoms with E-state index < -0.39 is 24.8 Å². The lowest BCUT2D eigenvalue weighted by Gasteiger charge is -2.27. The Morgan fingerprint density at radius 3 is 2.65 bits per heavy atom. The van der Waals surface area contributed by atoms with E-state index in [9.17, 15) is 19.8 Å². The maximum absolute atomic E-state index is 12.3. The highest BCUT2D eigenvalue weighted by molar-refractivity contribution is 5.97. The van der Waals surface area contributed by atoms with Gasteiger partial charge in [-0.2, -0.15) is 0 Å². The SMILES string of the molecule is CC(CO)(CO)NC(=O)N[C@@H]1CC(=O)N(c2ccc3c(c2)OCCO3)C1. The van der Waals surface area contributed by atoms with Crippen LogP contribution in [0, 0.1) is 0 Å². The van der Waals surface area contributed by atoms with E-state index >= 15 is 0 Å². The predicted molar refractivity (Wildman–Crippen MR) is 92.4 cm³/mol. The fraction of sp³-hybridized carbons (Fsp3) is 0.529. The van der Waals surface area contributed by atoms with Gasteiger partial charge in [-0.05, 0) is 19.1 Å². The summed E-state index contributed by atoms with van der Waals surface area (Å²) in [5.41, 5.74) is -0.443. The first-order chi connectivity index (χ1) is 12.4. The van der Waals surface area contributed by atoms with E-state index in [1.807, 2.05) is 0 Å². The van der Waals surface area contributed by atoms with Crippen LogP contribution < -0.4 is 25.0 Å². The number of urea groups is 1. The number of hydrogen-bond donors (Lipinski definition) is 4. The van der Waals surface area contributed by atoms with Crippen molar-refractivity contribution in [2.75, 3.05) is 37.9 Å². The second-order valence-corrected chi connectivity index (χ2v) is 6.71. The lowest BCUT2D eigenvalue weighted by molar-refractivity contribution is -0.117. The topological polar surface area (TPSA) is 120 Å². The molecule has 142 valence electrons. The van der Waals surface area contributed by atoms with E-state index in [2.05, 4.69) is 10.6 Å². The highest BCUT2D eigenvalue weighted by atomic mass is 16.6. The number of ether oxygens (including phenoxy) is 2. The highest BCUT2D eigenvalue weighted by Gasteiger charge is 2.33. The molecule has 2 heterocycles. The van der Waals surface area contributed by atoms with Crippen molar-refractivity contribution >= 4 is 17.6 Å². The normalized spacial score (nSPS) is 19.4. The fourth-order valence-corrected chi connectivity index (χ4v) is 2.88. The van der Waals surface area contributed by atoms with Gasteiger partial charge in [0.25, 0.3) is 0 Å². The minimum absolute atomic E-state index is 0.112. The first kappa shape index (κ1) is 18.3. The summed E-state index contributed by atoms with van der Waals surface area (Å²) in [6, 6.07) is 4.37. The van der Waals surface area contributed by atoms with Crippen LogP contribution in [0.3, 0.4) is 0 Å². The van der Waals surface area contributed by atoms with Crippen LogP contribution in [0.2, 0.25) is 0 Å². The average molecular weight is 365 g/mol. The van der Waals surface area contributed by atoms with Crippen LogP contribution in [0.25, 0.3) is 0 Å². The molecule has 0 spiro atoms. The smallest absolute Gasteiger partial charge is 0.315 e. The zero-order chi connectivity index (χ0) is 18.7. The van der Waals surface area contributed by atoms with E-state index in [1.54, 1.807) is 23.1 Å². The number of nitrogens with one attached hydrogen (secondary N) is 2. The largest absolute Gasteiger partial charge is 0.486 e. The minimum Gasteiger partial charge on any atom is -0.486 e. The van der Waals surface area contributed by atoms with E-state index in [-0.39, 0.29) is 18.4 Å². The molecular formula is C17H23N3O6. The molecular weight excluding hydrogens is 342 g/mol. The second kappa shape index (κ2) is 7.38. The zero-order valence-electron chi connectivity index (χ0n) is 14.5. The van der Waals surface area contributed by atoms with Crippen molar-refractivity contribution < 1.29 is 29.3 Å². The Morgan fingerprint density at radius 2 is 1.96 bits per heavy atom. The van der Waals surface area contributed by atoms with Crippen LogP contribution in [-0.2, 0) is 4.79 Å². The lowest BCUT2D eigenvalue weighted by Crippen LogP contribution is -2.56. The summed E-state index contributed by atoms with van der Waals surface area (Å²) in [6.45, 7) is 2.00. The van der Waals surface area contributed by atoms with Gasteiger partial charge in [-0.25, -0.2) is 4.79 Å². The van der Waals surface area contributed by atoms with Gasteiger partial charge in [0.05, 0.1) is 24.8 Å². The van der Waals surface area contributed by atoms with Crippen LogP contribution in [0.4, 0.5) is 10.5 Å². The number of aliphatic hydroxyl groups is 2. The Balaban J connectivity index is 1.63. The molecule has 0 radical (unpaired) electrons. The van der Waals surface area contributed by atoms with Gasteiger partial charge in [0.1, 0.15) is 13.2 Å². The molecule has 3 amide bonds. The van der Waals surface area contributed by atoms with Gasteiger partial charge in [0.2, 0.25) is 5.91 Å². The van der Waals surface area contributed by atoms with Crippen LogP contribution in [-0.4, -0.2) is 66.7 Å². The Labute approximate surface area is 150 Å². The van der Waals surface area contributed by atoms with Gasteiger partial charge >= 0.3 is 6.03 Å². The Bertz CT molecular complexity index is 691. The molecule has 9 nitrogen and oxygen atoms in total. The van der Waals surface area contributed by atoms with Gasteiger partial charge in [-0.1, -0.05) is 0 Å². The summed E-state index contributed by atoms with van der Waals surface area (Å²) in [5.74, 6) is 1.13. The second-order valence-electron chi connectivity index (χ2n) is 6.71. The number of carbonyl (C=O) groups excluding carboxylic acids is 2. The third-order valence-corrected chi connectivity index (χ3v) is 4.41. The van der Waals surface area contributed by atoms with Crippen molar-refractivity contribution in [3.63, 3.8) is 0 Å². The maximum Gasteiger partial charge on any atom is 0.315 e. The van der Waals surface area contributed by atoms with Gasteiger partial charge in [0.15, 0.2) is 11.5 Å². The van der Waals surface area contributed by atoms with Crippen LogP contribution in [0.15, 0.2) is 18.2 Å². The van der Waals surface area contributed by atoms with Gasteiger partial charge < -0.3 is 35.2 Å². The Kier molecular flexibility index (Phi) is 5.19. The number of hydrogen-bond acceptors (Lipinski definition) is 6. The van der Waals surface area contributed by atoms with Gasteiger partial charge in [0, 0.05) is 24.7 Å². The number of anilines is 1. The number of fused-ring (bicyclic) bond motifs is 1. The monoisotopic (exact) mass is 365 g/mol. The molecule has 0 aromatic heterocycles. The van der Waals surface area contributed by atoms with Gasteiger partial charge in [-0.15, -0.1) is 0 Å². The summed E-state index contributed by atoms with van der Waals surface area (Å²) in [6.07, 6.45) is 0.164. The van der Waals surface area contributed by atoms with Crippen LogP contribution >= 0.6 is 0 Å². The molecule has 1 aromatic rings. The summed E-state index contributed by atoms with van der Waals surface area (Å²) in [7, 11) is 0. The van der Waals surface area contributed by atoms with Crippen LogP contribution in [0.1, 0.15) is 13.3 Å². The molecule has 3 rings (SSSR count). The standard InChI is InChI=1S/C17H23N3O6/c1-17(9-21,10-22)19-16(24)18-11-6-15(23)20(8-11)12-2-3-13-14(7-12)26-5-4-25-13/h2-3,7,11,21-22H,4-6,8-10H2,1H3,(H2,18,19,24)/t11-/m1/s1. The summed E-state index contributed by atoms with van der Waals surface area (Å²) in [5, 5.41) is 23.7. The van der Waals surface area contributed by atoms with Crippen molar-refractivity contribution in [3.05, 3.63) is 18.2 Å². The average Bonchev–Trinajstić information content (AvgIpc) is 3.01. The zero-order valence-corrected chi connectivity index (χ0v) is 14.5. The Morgan fingerprint density at radius 1 is 1.27 bits per heavy atom. The van der Waals surface area contributed by atoms with Crippen molar-refractivity contribution in [2.45, 2.75) is 24.9 Å². The summed E-state index contributed by atoms with van der Waals surface area (Å²) >= 11 is 0. The third kappa shape index (κ3) is 3.83. The van der Waals surface area contributed by atoms with Crippen LogP contribution in [0.5, 0.6) is 11.5 Å². The van der Waals surface area contributed by atoms with E-state index in [4.69, 9.17) is 9.47 Å². The maximum atomic E-state index is 12.3. The molecule has 1 aromatic carbocycles. The summed E-state index contributed by atoms with van der Waals surface area (Å²) < 4.78 is 11.0. The lowest BCUT2D eigenvalue weighted by atomic mass is 10.1. The molecule has 2 aliphatic heterocycles. The molecule has 1 saturated heterocycles. The number of carbonyl (C=O) groups is 2. The molecule has 26 heavy (non-hydrogen) atoms. The molecule has 2 aliphatic rings. The van der Waals surface area contributed by atoms with Gasteiger partial charge in [-0.3, -0.25) is 4.79 Å². The molecule has 4 N–H and O–H groups in total. The number of rotatable bonds is 5. The number of benzene rings is 1. The fourth-order valence-electron chi connectivity index (χ4n) is 2.88. The molecule has 1 fully saturated rings. The molecule has 9 heteroatoms. The third-order valence-electron chi connectivity index (χ3n) is 4.41. The minimum atomic E-state index is -1.12. The Hall–Kier alpha value is -2.52. The van der Waals surface area contributed by atoms with E-state index in [0.29, 0.717) is 36.9 Å². The molecule has 0 unspecified atom stereocenters. The van der Waals surface area contributed by atoms with Crippen molar-refractivity contribution in [1.82, 2.24) is 10.6 Å². The number of nitrogens with zero attached hydrogens (tertiary/aromatic N) is 1. The quantitative estimate of drug-likeness (QED) is 0.564. The van der Waals surface area contributed by atoms with E-state index in [0.717, 1.165) is 0 Å². The molecule has 1 atom stereocenters. The first-order valence-corrected chi connectivity index (χ1v) is 8.44.